The molecule has 0 spiro atoms. The van der Waals surface area contributed by atoms with Crippen LogP contribution in [0.15, 0.2) is 41.4 Å². The monoisotopic (exact) mass is 163 g/mol. The summed E-state index contributed by atoms with van der Waals surface area (Å²) in [5.41, 5.74) is 1.40. The maximum absolute atomic E-state index is 3.14. The van der Waals surface area contributed by atoms with Gasteiger partial charge < -0.3 is 4.72 Å². The number of rotatable bonds is 0. The third-order valence-corrected chi connectivity index (χ3v) is 2.54. The van der Waals surface area contributed by atoms with Gasteiger partial charge in [0.05, 0.1) is 0 Å². The zero-order valence-electron chi connectivity index (χ0n) is 6.08. The summed E-state index contributed by atoms with van der Waals surface area (Å²) in [6, 6.07) is 8.46. The van der Waals surface area contributed by atoms with Crippen molar-refractivity contribution in [3.8, 4) is 0 Å². The first-order chi connectivity index (χ1) is 5.47. The Kier molecular flexibility index (Phi) is 1.86. The zero-order chi connectivity index (χ0) is 7.52. The third-order valence-electron chi connectivity index (χ3n) is 1.67. The largest absolute Gasteiger partial charge is 0.333 e. The molecule has 0 radical (unpaired) electrons. The number of benzene rings is 1. The molecular weight excluding hydrogens is 154 g/mol. The van der Waals surface area contributed by atoms with E-state index in [4.69, 9.17) is 0 Å². The van der Waals surface area contributed by atoms with Crippen molar-refractivity contribution >= 4 is 11.9 Å². The lowest BCUT2D eigenvalue weighted by Crippen LogP contribution is -1.88. The fourth-order valence-electron chi connectivity index (χ4n) is 1.10. The van der Waals surface area contributed by atoms with Gasteiger partial charge >= 0.3 is 0 Å². The zero-order valence-corrected chi connectivity index (χ0v) is 6.90. The lowest BCUT2D eigenvalue weighted by molar-refractivity contribution is 1.19. The molecule has 0 fully saturated rings. The molecule has 0 atom stereocenters. The van der Waals surface area contributed by atoms with E-state index in [0.717, 1.165) is 6.42 Å². The number of nitrogens with one attached hydrogen (secondary N) is 1. The van der Waals surface area contributed by atoms with Crippen LogP contribution in [0, 0.1) is 0 Å². The van der Waals surface area contributed by atoms with Gasteiger partial charge in [-0.1, -0.05) is 24.3 Å². The molecule has 1 aliphatic heterocycles. The standard InChI is InChI=1S/C9H9NS/c1-2-6-9-8(4-1)5-3-7-10-11-9/h1-4,6-7,10H,5H2. The normalized spacial score (nSPS) is 14.9. The van der Waals surface area contributed by atoms with Gasteiger partial charge in [0, 0.05) is 11.1 Å². The van der Waals surface area contributed by atoms with Crippen molar-refractivity contribution in [3.63, 3.8) is 0 Å². The number of fused-ring (bicyclic) bond motifs is 1. The molecule has 1 heterocycles. The molecule has 0 unspecified atom stereocenters. The van der Waals surface area contributed by atoms with Gasteiger partial charge in [0.25, 0.3) is 0 Å². The second-order valence-electron chi connectivity index (χ2n) is 2.43. The molecule has 11 heavy (non-hydrogen) atoms. The van der Waals surface area contributed by atoms with E-state index in [1.807, 2.05) is 6.20 Å². The van der Waals surface area contributed by atoms with Crippen LogP contribution in [0.25, 0.3) is 0 Å². The second-order valence-corrected chi connectivity index (χ2v) is 3.31. The Hall–Kier alpha value is -0.890. The second kappa shape index (κ2) is 3.01. The predicted octanol–water partition coefficient (Wildman–Crippen LogP) is 2.35. The van der Waals surface area contributed by atoms with Gasteiger partial charge in [-0.3, -0.25) is 0 Å². The average Bonchev–Trinajstić information content (AvgIpc) is 2.28. The molecule has 2 heteroatoms. The Balaban J connectivity index is 2.40. The summed E-state index contributed by atoms with van der Waals surface area (Å²) in [7, 11) is 0. The molecule has 1 aliphatic rings. The van der Waals surface area contributed by atoms with Gasteiger partial charge in [-0.2, -0.15) is 0 Å². The Morgan fingerprint density at radius 1 is 1.27 bits per heavy atom. The van der Waals surface area contributed by atoms with Gasteiger partial charge in [0.1, 0.15) is 0 Å². The highest BCUT2D eigenvalue weighted by Crippen LogP contribution is 2.22. The minimum Gasteiger partial charge on any atom is -0.333 e. The molecule has 0 amide bonds. The van der Waals surface area contributed by atoms with E-state index < -0.39 is 0 Å². The highest BCUT2D eigenvalue weighted by atomic mass is 32.2. The van der Waals surface area contributed by atoms with E-state index in [-0.39, 0.29) is 0 Å². The Morgan fingerprint density at radius 2 is 2.18 bits per heavy atom. The van der Waals surface area contributed by atoms with E-state index in [9.17, 15) is 0 Å². The summed E-state index contributed by atoms with van der Waals surface area (Å²) in [6.45, 7) is 0. The van der Waals surface area contributed by atoms with Crippen molar-refractivity contribution in [1.29, 1.82) is 0 Å². The molecule has 0 saturated carbocycles. The lowest BCUT2D eigenvalue weighted by Gasteiger charge is -2.01. The summed E-state index contributed by atoms with van der Waals surface area (Å²) in [6.07, 6.45) is 5.17. The van der Waals surface area contributed by atoms with Crippen LogP contribution in [-0.2, 0) is 6.42 Å². The first-order valence-electron chi connectivity index (χ1n) is 3.62. The van der Waals surface area contributed by atoms with Gasteiger partial charge in [0.2, 0.25) is 0 Å². The van der Waals surface area contributed by atoms with Gasteiger partial charge in [-0.25, -0.2) is 0 Å². The van der Waals surface area contributed by atoms with Crippen molar-refractivity contribution in [1.82, 2.24) is 4.72 Å². The summed E-state index contributed by atoms with van der Waals surface area (Å²) in [4.78, 5) is 1.33. The molecule has 56 valence electrons. The maximum Gasteiger partial charge on any atom is 0.0319 e. The smallest absolute Gasteiger partial charge is 0.0319 e. The van der Waals surface area contributed by atoms with Crippen LogP contribution >= 0.6 is 11.9 Å². The minimum absolute atomic E-state index is 1.04. The van der Waals surface area contributed by atoms with Crippen LogP contribution in [0.1, 0.15) is 5.56 Å². The molecule has 0 aliphatic carbocycles. The van der Waals surface area contributed by atoms with Crippen LogP contribution in [0.5, 0.6) is 0 Å². The van der Waals surface area contributed by atoms with Crippen molar-refractivity contribution in [2.45, 2.75) is 11.3 Å². The summed E-state index contributed by atoms with van der Waals surface area (Å²) in [5.74, 6) is 0. The number of hydrogen-bond donors (Lipinski definition) is 1. The van der Waals surface area contributed by atoms with E-state index in [1.54, 1.807) is 11.9 Å². The van der Waals surface area contributed by atoms with Crippen LogP contribution in [-0.4, -0.2) is 0 Å². The van der Waals surface area contributed by atoms with E-state index in [0.29, 0.717) is 0 Å². The highest BCUT2D eigenvalue weighted by Gasteiger charge is 2.01. The van der Waals surface area contributed by atoms with Crippen molar-refractivity contribution in [3.05, 3.63) is 42.1 Å². The molecule has 0 saturated heterocycles. The van der Waals surface area contributed by atoms with E-state index >= 15 is 0 Å². The lowest BCUT2D eigenvalue weighted by atomic mass is 10.1. The van der Waals surface area contributed by atoms with Gasteiger partial charge in [0.15, 0.2) is 0 Å². The summed E-state index contributed by atoms with van der Waals surface area (Å²) >= 11 is 1.67. The van der Waals surface area contributed by atoms with E-state index in [1.165, 1.54) is 10.5 Å². The number of hydrogen-bond acceptors (Lipinski definition) is 2. The maximum atomic E-state index is 3.14. The molecule has 0 aromatic heterocycles. The highest BCUT2D eigenvalue weighted by molar-refractivity contribution is 7.97. The average molecular weight is 163 g/mol. The van der Waals surface area contributed by atoms with Crippen molar-refractivity contribution in [2.24, 2.45) is 0 Å². The molecule has 1 aromatic carbocycles. The quantitative estimate of drug-likeness (QED) is 0.589. The first kappa shape index (κ1) is 6.80. The first-order valence-corrected chi connectivity index (χ1v) is 4.44. The minimum atomic E-state index is 1.04. The topological polar surface area (TPSA) is 12.0 Å². The summed E-state index contributed by atoms with van der Waals surface area (Å²) in [5, 5.41) is 0. The van der Waals surface area contributed by atoms with Gasteiger partial charge in [-0.15, -0.1) is 0 Å². The van der Waals surface area contributed by atoms with Crippen LogP contribution in [0.4, 0.5) is 0 Å². The van der Waals surface area contributed by atoms with Gasteiger partial charge in [-0.05, 0) is 30.0 Å². The Morgan fingerprint density at radius 3 is 3.18 bits per heavy atom. The Bertz CT molecular complexity index is 281. The number of allylic oxidation sites excluding steroid dienone is 1. The molecular formula is C9H9NS. The third kappa shape index (κ3) is 1.40. The summed E-state index contributed by atoms with van der Waals surface area (Å²) < 4.78 is 3.14. The van der Waals surface area contributed by atoms with E-state index in [2.05, 4.69) is 35.1 Å². The van der Waals surface area contributed by atoms with Crippen molar-refractivity contribution < 1.29 is 0 Å². The molecule has 1 aromatic rings. The van der Waals surface area contributed by atoms with Crippen LogP contribution in [0.3, 0.4) is 0 Å². The van der Waals surface area contributed by atoms with Crippen LogP contribution in [0.2, 0.25) is 0 Å². The fraction of sp³-hybridized carbons (Fsp3) is 0.111. The van der Waals surface area contributed by atoms with Crippen LogP contribution < -0.4 is 4.72 Å². The fourth-order valence-corrected chi connectivity index (χ4v) is 1.82. The Labute approximate surface area is 70.6 Å². The predicted molar refractivity (Wildman–Crippen MR) is 48.3 cm³/mol. The van der Waals surface area contributed by atoms with Crippen molar-refractivity contribution in [2.75, 3.05) is 0 Å². The molecule has 1 nitrogen and oxygen atoms in total. The molecule has 0 bridgehead atoms. The molecule has 1 N–H and O–H groups in total. The SMILES string of the molecule is C1=CNSc2ccccc2C1. The molecule has 2 rings (SSSR count).